The summed E-state index contributed by atoms with van der Waals surface area (Å²) < 4.78 is 0. The average molecular weight is 566 g/mol. The number of carbonyl (C=O) groups is 4. The van der Waals surface area contributed by atoms with Gasteiger partial charge in [-0.1, -0.05) is 74.5 Å². The highest BCUT2D eigenvalue weighted by atomic mass is 16.6. The van der Waals surface area contributed by atoms with Crippen molar-refractivity contribution in [1.29, 1.82) is 0 Å². The standard InChI is InChI=1S/C31H43N5O5/c1-23(2)20-27(29(38)32-36-28(37)21-35(31(36)40)19-18-34(3)4)26(17-11-16-24-12-7-5-8-13-24)30(39)33-41-22-25-14-9-6-10-15-25/h5-10,12-15,23,26-27H,11,16-22H2,1-4H3,(H,32,38)(H,33,39)/t26-,27?/m1/s1. The van der Waals surface area contributed by atoms with Crippen LogP contribution in [0.1, 0.15) is 44.2 Å². The first kappa shape index (κ1) is 31.8. The van der Waals surface area contributed by atoms with Crippen molar-refractivity contribution in [2.45, 2.75) is 46.1 Å². The molecule has 2 N–H and O–H groups in total. The lowest BCUT2D eigenvalue weighted by atomic mass is 9.81. The van der Waals surface area contributed by atoms with Gasteiger partial charge in [-0.25, -0.2) is 10.3 Å². The van der Waals surface area contributed by atoms with Crippen LogP contribution >= 0.6 is 0 Å². The Balaban J connectivity index is 1.73. The molecule has 0 aliphatic carbocycles. The lowest BCUT2D eigenvalue weighted by molar-refractivity contribution is -0.147. The van der Waals surface area contributed by atoms with Crippen LogP contribution in [0.2, 0.25) is 0 Å². The summed E-state index contributed by atoms with van der Waals surface area (Å²) in [6, 6.07) is 18.9. The summed E-state index contributed by atoms with van der Waals surface area (Å²) in [4.78, 5) is 61.6. The van der Waals surface area contributed by atoms with Crippen LogP contribution in [-0.2, 0) is 32.2 Å². The Labute approximate surface area is 242 Å². The molecule has 1 unspecified atom stereocenters. The summed E-state index contributed by atoms with van der Waals surface area (Å²) in [5, 5.41) is 0.788. The highest BCUT2D eigenvalue weighted by Gasteiger charge is 2.40. The smallest absolute Gasteiger partial charge is 0.312 e. The number of nitrogens with zero attached hydrogens (tertiary/aromatic N) is 3. The van der Waals surface area contributed by atoms with Gasteiger partial charge in [0.2, 0.25) is 11.8 Å². The summed E-state index contributed by atoms with van der Waals surface area (Å²) in [6.45, 7) is 4.98. The van der Waals surface area contributed by atoms with Crippen molar-refractivity contribution in [1.82, 2.24) is 25.7 Å². The SMILES string of the molecule is CC(C)CC(C(=O)NN1C(=O)CN(CCN(C)C)C1=O)[C@@H](CCCc1ccccc1)C(=O)NOCc1ccccc1. The molecular formula is C31H43N5O5. The van der Waals surface area contributed by atoms with E-state index in [2.05, 4.69) is 10.9 Å². The van der Waals surface area contributed by atoms with E-state index < -0.39 is 35.6 Å². The predicted molar refractivity (Wildman–Crippen MR) is 156 cm³/mol. The van der Waals surface area contributed by atoms with Crippen LogP contribution in [0.25, 0.3) is 0 Å². The third-order valence-corrected chi connectivity index (χ3v) is 7.04. The number of urea groups is 1. The van der Waals surface area contributed by atoms with Gasteiger partial charge in [-0.15, -0.1) is 0 Å². The monoisotopic (exact) mass is 565 g/mol. The summed E-state index contributed by atoms with van der Waals surface area (Å²) in [5.41, 5.74) is 7.14. The predicted octanol–water partition coefficient (Wildman–Crippen LogP) is 3.39. The fourth-order valence-electron chi connectivity index (χ4n) is 4.84. The van der Waals surface area contributed by atoms with E-state index in [1.54, 1.807) is 0 Å². The molecule has 5 amide bonds. The van der Waals surface area contributed by atoms with Crippen LogP contribution in [0, 0.1) is 17.8 Å². The first-order chi connectivity index (χ1) is 19.7. The van der Waals surface area contributed by atoms with Gasteiger partial charge in [0.1, 0.15) is 6.54 Å². The van der Waals surface area contributed by atoms with E-state index in [1.165, 1.54) is 4.90 Å². The molecule has 1 saturated heterocycles. The molecule has 2 aromatic rings. The third kappa shape index (κ3) is 9.98. The molecule has 2 aromatic carbocycles. The number of likely N-dealkylation sites (N-methyl/N-ethyl adjacent to an activating group) is 1. The van der Waals surface area contributed by atoms with Gasteiger partial charge in [0, 0.05) is 13.1 Å². The van der Waals surface area contributed by atoms with E-state index in [-0.39, 0.29) is 19.1 Å². The number of carbonyl (C=O) groups excluding carboxylic acids is 4. The lowest BCUT2D eigenvalue weighted by Gasteiger charge is -2.28. The van der Waals surface area contributed by atoms with Crippen molar-refractivity contribution < 1.29 is 24.0 Å². The first-order valence-corrected chi connectivity index (χ1v) is 14.2. The average Bonchev–Trinajstić information content (AvgIpc) is 3.21. The fourth-order valence-corrected chi connectivity index (χ4v) is 4.84. The Hall–Kier alpha value is -3.76. The van der Waals surface area contributed by atoms with Crippen LogP contribution in [0.5, 0.6) is 0 Å². The maximum atomic E-state index is 13.7. The second kappa shape index (κ2) is 15.9. The molecule has 0 aromatic heterocycles. The zero-order valence-corrected chi connectivity index (χ0v) is 24.5. The molecular weight excluding hydrogens is 522 g/mol. The number of benzene rings is 2. The summed E-state index contributed by atoms with van der Waals surface area (Å²) >= 11 is 0. The third-order valence-electron chi connectivity index (χ3n) is 7.04. The van der Waals surface area contributed by atoms with Crippen molar-refractivity contribution in [3.8, 4) is 0 Å². The lowest BCUT2D eigenvalue weighted by Crippen LogP contribution is -2.52. The van der Waals surface area contributed by atoms with Crippen LogP contribution in [0.3, 0.4) is 0 Å². The first-order valence-electron chi connectivity index (χ1n) is 14.2. The molecule has 1 fully saturated rings. The minimum atomic E-state index is -0.775. The molecule has 10 nitrogen and oxygen atoms in total. The Bertz CT molecular complexity index is 1140. The van der Waals surface area contributed by atoms with Gasteiger partial charge >= 0.3 is 6.03 Å². The van der Waals surface area contributed by atoms with E-state index in [0.29, 0.717) is 32.4 Å². The minimum Gasteiger partial charge on any atom is -0.312 e. The van der Waals surface area contributed by atoms with Gasteiger partial charge in [0.25, 0.3) is 5.91 Å². The number of hydroxylamine groups is 1. The van der Waals surface area contributed by atoms with Gasteiger partial charge in [-0.05, 0) is 56.8 Å². The van der Waals surface area contributed by atoms with Crippen LogP contribution in [-0.4, -0.2) is 72.3 Å². The molecule has 0 saturated carbocycles. The summed E-state index contributed by atoms with van der Waals surface area (Å²) in [7, 11) is 3.76. The number of rotatable bonds is 16. The molecule has 3 rings (SSSR count). The number of imide groups is 1. The van der Waals surface area contributed by atoms with Crippen molar-refractivity contribution in [2.24, 2.45) is 17.8 Å². The Morgan fingerprint density at radius 2 is 1.56 bits per heavy atom. The molecule has 1 aliphatic heterocycles. The van der Waals surface area contributed by atoms with E-state index >= 15 is 0 Å². The fraction of sp³-hybridized carbons (Fsp3) is 0.484. The number of amides is 5. The Morgan fingerprint density at radius 3 is 2.17 bits per heavy atom. The number of hydrogen-bond donors (Lipinski definition) is 2. The molecule has 222 valence electrons. The molecule has 1 aliphatic rings. The second-order valence-electron chi connectivity index (χ2n) is 11.2. The zero-order valence-electron chi connectivity index (χ0n) is 24.5. The van der Waals surface area contributed by atoms with Crippen LogP contribution < -0.4 is 10.9 Å². The summed E-state index contributed by atoms with van der Waals surface area (Å²) in [6.07, 6.45) is 2.24. The number of hydrazine groups is 1. The molecule has 0 radical (unpaired) electrons. The highest BCUT2D eigenvalue weighted by Crippen LogP contribution is 2.27. The molecule has 10 heteroatoms. The maximum absolute atomic E-state index is 13.7. The number of nitrogens with one attached hydrogen (secondary N) is 2. The molecule has 2 atom stereocenters. The van der Waals surface area contributed by atoms with Gasteiger partial charge in [-0.2, -0.15) is 5.01 Å². The van der Waals surface area contributed by atoms with Crippen LogP contribution in [0.15, 0.2) is 60.7 Å². The molecule has 1 heterocycles. The number of hydrogen-bond acceptors (Lipinski definition) is 6. The van der Waals surface area contributed by atoms with Gasteiger partial charge in [-0.3, -0.25) is 24.6 Å². The van der Waals surface area contributed by atoms with Crippen molar-refractivity contribution in [3.63, 3.8) is 0 Å². The van der Waals surface area contributed by atoms with Gasteiger partial charge < -0.3 is 9.80 Å². The van der Waals surface area contributed by atoms with Crippen molar-refractivity contribution >= 4 is 23.8 Å². The topological polar surface area (TPSA) is 111 Å². The van der Waals surface area contributed by atoms with E-state index in [0.717, 1.165) is 22.6 Å². The molecule has 41 heavy (non-hydrogen) atoms. The maximum Gasteiger partial charge on any atom is 0.346 e. The van der Waals surface area contributed by atoms with E-state index in [4.69, 9.17) is 4.84 Å². The Kier molecular flexibility index (Phi) is 12.3. The van der Waals surface area contributed by atoms with E-state index in [9.17, 15) is 19.2 Å². The normalized spacial score (nSPS) is 15.0. The van der Waals surface area contributed by atoms with E-state index in [1.807, 2.05) is 93.5 Å². The minimum absolute atomic E-state index is 0.0852. The molecule has 0 spiro atoms. The Morgan fingerprint density at radius 1 is 0.927 bits per heavy atom. The quantitative estimate of drug-likeness (QED) is 0.239. The zero-order chi connectivity index (χ0) is 29.8. The van der Waals surface area contributed by atoms with Crippen LogP contribution in [0.4, 0.5) is 4.79 Å². The largest absolute Gasteiger partial charge is 0.346 e. The highest BCUT2D eigenvalue weighted by molar-refractivity contribution is 6.03. The summed E-state index contributed by atoms with van der Waals surface area (Å²) in [5.74, 6) is -2.85. The molecule has 0 bridgehead atoms. The van der Waals surface area contributed by atoms with Gasteiger partial charge in [0.05, 0.1) is 18.4 Å². The van der Waals surface area contributed by atoms with Crippen molar-refractivity contribution in [2.75, 3.05) is 33.7 Å². The van der Waals surface area contributed by atoms with Crippen molar-refractivity contribution in [3.05, 3.63) is 71.8 Å². The second-order valence-corrected chi connectivity index (χ2v) is 11.2. The number of aryl methyl sites for hydroxylation is 1. The van der Waals surface area contributed by atoms with Gasteiger partial charge in [0.15, 0.2) is 0 Å².